The molecule has 0 aliphatic carbocycles. The van der Waals surface area contributed by atoms with Crippen molar-refractivity contribution in [3.63, 3.8) is 0 Å². The summed E-state index contributed by atoms with van der Waals surface area (Å²) in [7, 11) is 0. The zero-order valence-electron chi connectivity index (χ0n) is 14.5. The summed E-state index contributed by atoms with van der Waals surface area (Å²) in [6.07, 6.45) is 1.93. The molecule has 0 saturated carbocycles. The van der Waals surface area contributed by atoms with Crippen molar-refractivity contribution in [2.45, 2.75) is 38.1 Å². The molecule has 25 heavy (non-hydrogen) atoms. The molecule has 4 rings (SSSR count). The molecule has 4 heterocycles. The SMILES string of the molecule is CC(C)CN[C@@H]1CO[C@@H]2[C@@H]1OC[C@@H]2Nc1nccc(-c2cccs2)n1. The smallest absolute Gasteiger partial charge is 0.223 e. The van der Waals surface area contributed by atoms with Crippen LogP contribution in [-0.2, 0) is 9.47 Å². The molecule has 7 heteroatoms. The first kappa shape index (κ1) is 16.9. The summed E-state index contributed by atoms with van der Waals surface area (Å²) in [5.41, 5.74) is 0.937. The number of nitrogens with zero attached hydrogens (tertiary/aromatic N) is 2. The van der Waals surface area contributed by atoms with Crippen molar-refractivity contribution >= 4 is 17.3 Å². The molecule has 4 atom stereocenters. The minimum absolute atomic E-state index is 0.0404. The molecule has 6 nitrogen and oxygen atoms in total. The predicted molar refractivity (Wildman–Crippen MR) is 98.9 cm³/mol. The molecule has 0 bridgehead atoms. The van der Waals surface area contributed by atoms with Gasteiger partial charge in [0.1, 0.15) is 12.2 Å². The fraction of sp³-hybridized carbons (Fsp3) is 0.556. The lowest BCUT2D eigenvalue weighted by molar-refractivity contribution is 0.0674. The van der Waals surface area contributed by atoms with Gasteiger partial charge in [0, 0.05) is 6.20 Å². The Balaban J connectivity index is 1.40. The highest BCUT2D eigenvalue weighted by Gasteiger charge is 2.47. The summed E-state index contributed by atoms with van der Waals surface area (Å²) in [5.74, 6) is 1.24. The third kappa shape index (κ3) is 3.69. The van der Waals surface area contributed by atoms with E-state index in [1.807, 2.05) is 12.1 Å². The molecule has 2 fully saturated rings. The van der Waals surface area contributed by atoms with E-state index in [-0.39, 0.29) is 24.3 Å². The zero-order valence-corrected chi connectivity index (χ0v) is 15.3. The largest absolute Gasteiger partial charge is 0.371 e. The summed E-state index contributed by atoms with van der Waals surface area (Å²) in [4.78, 5) is 10.1. The molecule has 2 aliphatic heterocycles. The van der Waals surface area contributed by atoms with Crippen LogP contribution in [0.5, 0.6) is 0 Å². The second-order valence-electron chi connectivity index (χ2n) is 7.00. The van der Waals surface area contributed by atoms with Gasteiger partial charge in [-0.2, -0.15) is 0 Å². The number of anilines is 1. The summed E-state index contributed by atoms with van der Waals surface area (Å²) < 4.78 is 12.0. The Hall–Kier alpha value is -1.54. The highest BCUT2D eigenvalue weighted by Crippen LogP contribution is 2.29. The Bertz CT molecular complexity index is 694. The van der Waals surface area contributed by atoms with E-state index in [4.69, 9.17) is 9.47 Å². The molecular formula is C18H24N4O2S. The molecule has 2 N–H and O–H groups in total. The summed E-state index contributed by atoms with van der Waals surface area (Å²) in [5, 5.41) is 9.01. The van der Waals surface area contributed by atoms with E-state index in [0.29, 0.717) is 25.1 Å². The Labute approximate surface area is 152 Å². The number of thiophene rings is 1. The van der Waals surface area contributed by atoms with Crippen molar-refractivity contribution in [1.29, 1.82) is 0 Å². The molecule has 2 aromatic heterocycles. The van der Waals surface area contributed by atoms with Gasteiger partial charge in [0.05, 0.1) is 35.9 Å². The van der Waals surface area contributed by atoms with Crippen molar-refractivity contribution in [3.05, 3.63) is 29.8 Å². The summed E-state index contributed by atoms with van der Waals surface area (Å²) >= 11 is 1.68. The van der Waals surface area contributed by atoms with Crippen LogP contribution in [0.15, 0.2) is 29.8 Å². The maximum Gasteiger partial charge on any atom is 0.223 e. The van der Waals surface area contributed by atoms with Crippen molar-refractivity contribution in [2.75, 3.05) is 25.1 Å². The average Bonchev–Trinajstić information content (AvgIpc) is 3.33. The Morgan fingerprint density at radius 3 is 2.76 bits per heavy atom. The molecule has 134 valence electrons. The monoisotopic (exact) mass is 360 g/mol. The molecular weight excluding hydrogens is 336 g/mol. The first-order valence-electron chi connectivity index (χ1n) is 8.81. The quantitative estimate of drug-likeness (QED) is 0.824. The van der Waals surface area contributed by atoms with Gasteiger partial charge in [-0.05, 0) is 30.0 Å². The number of hydrogen-bond donors (Lipinski definition) is 2. The third-order valence-electron chi connectivity index (χ3n) is 4.59. The fourth-order valence-corrected chi connectivity index (χ4v) is 4.04. The molecule has 2 aromatic rings. The lowest BCUT2D eigenvalue weighted by Gasteiger charge is -2.19. The van der Waals surface area contributed by atoms with Gasteiger partial charge in [-0.1, -0.05) is 19.9 Å². The van der Waals surface area contributed by atoms with E-state index >= 15 is 0 Å². The van der Waals surface area contributed by atoms with Crippen LogP contribution in [0.1, 0.15) is 13.8 Å². The van der Waals surface area contributed by atoms with Gasteiger partial charge in [-0.25, -0.2) is 9.97 Å². The summed E-state index contributed by atoms with van der Waals surface area (Å²) in [6.45, 7) is 6.69. The molecule has 2 saturated heterocycles. The van der Waals surface area contributed by atoms with Gasteiger partial charge in [-0.15, -0.1) is 11.3 Å². The fourth-order valence-electron chi connectivity index (χ4n) is 3.34. The molecule has 0 amide bonds. The van der Waals surface area contributed by atoms with Gasteiger partial charge in [0.15, 0.2) is 0 Å². The van der Waals surface area contributed by atoms with Crippen LogP contribution < -0.4 is 10.6 Å². The maximum atomic E-state index is 6.01. The van der Waals surface area contributed by atoms with Crippen molar-refractivity contribution in [3.8, 4) is 10.6 Å². The second kappa shape index (κ2) is 7.37. The maximum absolute atomic E-state index is 6.01. The predicted octanol–water partition coefficient (Wildman–Crippen LogP) is 2.40. The molecule has 2 aliphatic rings. The summed E-state index contributed by atoms with van der Waals surface area (Å²) in [6, 6.07) is 6.37. The van der Waals surface area contributed by atoms with Crippen LogP contribution in [0, 0.1) is 5.92 Å². The lowest BCUT2D eigenvalue weighted by Crippen LogP contribution is -2.43. The van der Waals surface area contributed by atoms with Crippen LogP contribution in [0.2, 0.25) is 0 Å². The van der Waals surface area contributed by atoms with Crippen molar-refractivity contribution in [2.24, 2.45) is 5.92 Å². The van der Waals surface area contributed by atoms with Gasteiger partial charge in [-0.3, -0.25) is 0 Å². The molecule has 0 unspecified atom stereocenters. The number of fused-ring (bicyclic) bond motifs is 1. The van der Waals surface area contributed by atoms with Crippen molar-refractivity contribution < 1.29 is 9.47 Å². The highest BCUT2D eigenvalue weighted by molar-refractivity contribution is 7.13. The van der Waals surface area contributed by atoms with Gasteiger partial charge in [0.25, 0.3) is 0 Å². The number of hydrogen-bond acceptors (Lipinski definition) is 7. The highest BCUT2D eigenvalue weighted by atomic mass is 32.1. The number of aromatic nitrogens is 2. The first-order valence-corrected chi connectivity index (χ1v) is 9.68. The topological polar surface area (TPSA) is 68.3 Å². The van der Waals surface area contributed by atoms with Crippen molar-refractivity contribution in [1.82, 2.24) is 15.3 Å². The lowest BCUT2D eigenvalue weighted by atomic mass is 10.1. The average molecular weight is 360 g/mol. The minimum atomic E-state index is 0.0404. The zero-order chi connectivity index (χ0) is 17.2. The van der Waals surface area contributed by atoms with Crippen LogP contribution in [0.4, 0.5) is 5.95 Å². The van der Waals surface area contributed by atoms with Crippen LogP contribution in [0.3, 0.4) is 0 Å². The third-order valence-corrected chi connectivity index (χ3v) is 5.48. The number of ether oxygens (including phenoxy) is 2. The standard InChI is InChI=1S/C18H24N4O2S/c1-11(2)8-20-13-9-23-17-14(10-24-16(13)17)22-18-19-6-5-12(21-18)15-4-3-7-25-15/h3-7,11,13-14,16-17,20H,8-10H2,1-2H3,(H,19,21,22)/t13-,14+,16-,17+/m1/s1. The van der Waals surface area contributed by atoms with E-state index in [2.05, 4.69) is 45.9 Å². The second-order valence-corrected chi connectivity index (χ2v) is 7.95. The van der Waals surface area contributed by atoms with Crippen LogP contribution in [0.25, 0.3) is 10.6 Å². The van der Waals surface area contributed by atoms with E-state index in [1.165, 1.54) is 0 Å². The van der Waals surface area contributed by atoms with Gasteiger partial charge in [0.2, 0.25) is 5.95 Å². The minimum Gasteiger partial charge on any atom is -0.371 e. The Morgan fingerprint density at radius 1 is 1.20 bits per heavy atom. The first-order chi connectivity index (χ1) is 12.2. The number of rotatable bonds is 6. The van der Waals surface area contributed by atoms with E-state index in [1.54, 1.807) is 17.5 Å². The van der Waals surface area contributed by atoms with Crippen LogP contribution in [-0.4, -0.2) is 54.0 Å². The normalized spacial score (nSPS) is 28.4. The molecule has 0 spiro atoms. The molecule has 0 aromatic carbocycles. The van der Waals surface area contributed by atoms with E-state index < -0.39 is 0 Å². The van der Waals surface area contributed by atoms with Gasteiger partial charge < -0.3 is 20.1 Å². The Kier molecular flexibility index (Phi) is 4.98. The van der Waals surface area contributed by atoms with Crippen LogP contribution >= 0.6 is 11.3 Å². The molecule has 0 radical (unpaired) electrons. The van der Waals surface area contributed by atoms with Gasteiger partial charge >= 0.3 is 0 Å². The van der Waals surface area contributed by atoms with E-state index in [9.17, 15) is 0 Å². The van der Waals surface area contributed by atoms with E-state index in [0.717, 1.165) is 17.1 Å². The number of nitrogens with one attached hydrogen (secondary N) is 2. The Morgan fingerprint density at radius 2 is 2.00 bits per heavy atom.